The van der Waals surface area contributed by atoms with Gasteiger partial charge in [0, 0.05) is 12.7 Å². The summed E-state index contributed by atoms with van der Waals surface area (Å²) >= 11 is 0. The topological polar surface area (TPSA) is 62.2 Å². The van der Waals surface area contributed by atoms with Crippen molar-refractivity contribution in [1.29, 1.82) is 0 Å². The highest BCUT2D eigenvalue weighted by molar-refractivity contribution is 5.94. The van der Waals surface area contributed by atoms with E-state index in [0.717, 1.165) is 5.57 Å². The predicted molar refractivity (Wildman–Crippen MR) is 57.7 cm³/mol. The molecule has 1 rings (SSSR count). The van der Waals surface area contributed by atoms with Gasteiger partial charge in [0.1, 0.15) is 5.75 Å². The molecule has 0 saturated carbocycles. The Morgan fingerprint density at radius 1 is 1.53 bits per heavy atom. The van der Waals surface area contributed by atoms with Crippen molar-refractivity contribution < 1.29 is 9.90 Å². The van der Waals surface area contributed by atoms with Crippen molar-refractivity contribution in [2.75, 3.05) is 6.54 Å². The van der Waals surface area contributed by atoms with E-state index in [2.05, 4.69) is 10.3 Å². The van der Waals surface area contributed by atoms with Crippen LogP contribution in [0.3, 0.4) is 0 Å². The number of aromatic nitrogens is 1. The summed E-state index contributed by atoms with van der Waals surface area (Å²) in [6.45, 7) is 4.40. The Labute approximate surface area is 88.7 Å². The highest BCUT2D eigenvalue weighted by atomic mass is 16.3. The number of pyridine rings is 1. The summed E-state index contributed by atoms with van der Waals surface area (Å²) in [7, 11) is 0. The summed E-state index contributed by atoms with van der Waals surface area (Å²) < 4.78 is 0. The smallest absolute Gasteiger partial charge is 0.253 e. The molecule has 80 valence electrons. The van der Waals surface area contributed by atoms with Gasteiger partial charge in [-0.1, -0.05) is 11.6 Å². The van der Waals surface area contributed by atoms with Gasteiger partial charge in [-0.05, 0) is 19.9 Å². The molecule has 1 aromatic rings. The molecule has 1 aromatic heterocycles. The fourth-order valence-corrected chi connectivity index (χ4v) is 1.00. The number of amides is 1. The van der Waals surface area contributed by atoms with Crippen LogP contribution in [0.5, 0.6) is 5.75 Å². The van der Waals surface area contributed by atoms with E-state index in [9.17, 15) is 4.79 Å². The van der Waals surface area contributed by atoms with Crippen molar-refractivity contribution in [1.82, 2.24) is 10.3 Å². The summed E-state index contributed by atoms with van der Waals surface area (Å²) in [6, 6.07) is 1.38. The lowest BCUT2D eigenvalue weighted by molar-refractivity contribution is 0.0957. The molecule has 0 atom stereocenters. The fourth-order valence-electron chi connectivity index (χ4n) is 1.00. The number of nitrogens with zero attached hydrogens (tertiary/aromatic N) is 1. The summed E-state index contributed by atoms with van der Waals surface area (Å²) in [5.41, 5.74) is 1.50. The Kier molecular flexibility index (Phi) is 3.85. The minimum Gasteiger partial charge on any atom is -0.506 e. The van der Waals surface area contributed by atoms with E-state index in [1.165, 1.54) is 18.5 Å². The number of carbonyl (C=O) groups is 1. The quantitative estimate of drug-likeness (QED) is 0.736. The third-order valence-corrected chi connectivity index (χ3v) is 1.76. The van der Waals surface area contributed by atoms with Crippen molar-refractivity contribution in [2.24, 2.45) is 0 Å². The summed E-state index contributed by atoms with van der Waals surface area (Å²) in [4.78, 5) is 15.2. The van der Waals surface area contributed by atoms with Crippen LogP contribution in [0.25, 0.3) is 0 Å². The van der Waals surface area contributed by atoms with Crippen LogP contribution in [-0.2, 0) is 0 Å². The molecule has 15 heavy (non-hydrogen) atoms. The van der Waals surface area contributed by atoms with Gasteiger partial charge in [-0.2, -0.15) is 0 Å². The van der Waals surface area contributed by atoms with Gasteiger partial charge in [0.2, 0.25) is 0 Å². The molecule has 0 saturated heterocycles. The van der Waals surface area contributed by atoms with E-state index >= 15 is 0 Å². The number of hydrogen-bond donors (Lipinski definition) is 2. The maximum atomic E-state index is 11.5. The molecule has 1 heterocycles. The first-order chi connectivity index (χ1) is 7.09. The number of carbonyl (C=O) groups excluding carboxylic acids is 1. The maximum Gasteiger partial charge on any atom is 0.253 e. The lowest BCUT2D eigenvalue weighted by Crippen LogP contribution is -2.23. The first kappa shape index (κ1) is 11.2. The predicted octanol–water partition coefficient (Wildman–Crippen LogP) is 1.48. The zero-order valence-corrected chi connectivity index (χ0v) is 8.82. The van der Waals surface area contributed by atoms with E-state index in [1.54, 1.807) is 0 Å². The van der Waals surface area contributed by atoms with Gasteiger partial charge in [0.05, 0.1) is 11.8 Å². The number of rotatable bonds is 3. The summed E-state index contributed by atoms with van der Waals surface area (Å²) in [6.07, 6.45) is 4.61. The maximum absolute atomic E-state index is 11.5. The number of aromatic hydroxyl groups is 1. The molecule has 0 bridgehead atoms. The Balaban J connectivity index is 2.58. The van der Waals surface area contributed by atoms with Gasteiger partial charge in [-0.15, -0.1) is 0 Å². The monoisotopic (exact) mass is 206 g/mol. The fraction of sp³-hybridized carbons (Fsp3) is 0.273. The van der Waals surface area contributed by atoms with E-state index in [0.29, 0.717) is 12.1 Å². The van der Waals surface area contributed by atoms with Crippen LogP contribution in [0.15, 0.2) is 30.1 Å². The van der Waals surface area contributed by atoms with Crippen molar-refractivity contribution in [3.8, 4) is 5.75 Å². The van der Waals surface area contributed by atoms with E-state index in [4.69, 9.17) is 5.11 Å². The van der Waals surface area contributed by atoms with Crippen molar-refractivity contribution in [2.45, 2.75) is 13.8 Å². The molecular weight excluding hydrogens is 192 g/mol. The number of nitrogens with one attached hydrogen (secondary N) is 1. The minimum absolute atomic E-state index is 0.00939. The van der Waals surface area contributed by atoms with Gasteiger partial charge in [-0.3, -0.25) is 9.78 Å². The van der Waals surface area contributed by atoms with E-state index < -0.39 is 0 Å². The molecule has 0 fully saturated rings. The van der Waals surface area contributed by atoms with Crippen LogP contribution >= 0.6 is 0 Å². The second-order valence-electron chi connectivity index (χ2n) is 3.42. The molecule has 0 aliphatic heterocycles. The first-order valence-corrected chi connectivity index (χ1v) is 4.65. The molecule has 4 heteroatoms. The van der Waals surface area contributed by atoms with Crippen LogP contribution in [0.2, 0.25) is 0 Å². The molecule has 0 radical (unpaired) electrons. The highest BCUT2D eigenvalue weighted by Gasteiger charge is 2.04. The van der Waals surface area contributed by atoms with Crippen LogP contribution in [0.4, 0.5) is 0 Å². The summed E-state index contributed by atoms with van der Waals surface area (Å²) in [5.74, 6) is -0.249. The molecule has 0 spiro atoms. The Bertz CT molecular complexity index is 382. The molecule has 0 aliphatic carbocycles. The van der Waals surface area contributed by atoms with Crippen LogP contribution in [0, 0.1) is 0 Å². The average molecular weight is 206 g/mol. The van der Waals surface area contributed by atoms with Crippen molar-refractivity contribution >= 4 is 5.91 Å². The minimum atomic E-state index is -0.240. The third-order valence-electron chi connectivity index (χ3n) is 1.76. The highest BCUT2D eigenvalue weighted by Crippen LogP contribution is 2.07. The molecular formula is C11H14N2O2. The largest absolute Gasteiger partial charge is 0.506 e. The van der Waals surface area contributed by atoms with Gasteiger partial charge >= 0.3 is 0 Å². The molecule has 0 unspecified atom stereocenters. The molecule has 0 aliphatic rings. The lowest BCUT2D eigenvalue weighted by Gasteiger charge is -2.02. The standard InChI is InChI=1S/C11H14N2O2/c1-8(2)3-4-13-11(15)9-5-10(14)7-12-6-9/h3,5-7,14H,4H2,1-2H3,(H,13,15). The van der Waals surface area contributed by atoms with E-state index in [1.807, 2.05) is 19.9 Å². The Morgan fingerprint density at radius 3 is 2.87 bits per heavy atom. The van der Waals surface area contributed by atoms with Crippen LogP contribution < -0.4 is 5.32 Å². The third kappa shape index (κ3) is 3.81. The second-order valence-corrected chi connectivity index (χ2v) is 3.42. The van der Waals surface area contributed by atoms with Gasteiger partial charge in [0.15, 0.2) is 0 Å². The van der Waals surface area contributed by atoms with Gasteiger partial charge in [-0.25, -0.2) is 0 Å². The first-order valence-electron chi connectivity index (χ1n) is 4.65. The number of hydrogen-bond acceptors (Lipinski definition) is 3. The number of allylic oxidation sites excluding steroid dienone is 1. The molecule has 0 aromatic carbocycles. The molecule has 1 amide bonds. The van der Waals surface area contributed by atoms with Crippen LogP contribution in [0.1, 0.15) is 24.2 Å². The van der Waals surface area contributed by atoms with Crippen molar-refractivity contribution in [3.63, 3.8) is 0 Å². The Hall–Kier alpha value is -1.84. The van der Waals surface area contributed by atoms with Gasteiger partial charge in [0.25, 0.3) is 5.91 Å². The van der Waals surface area contributed by atoms with E-state index in [-0.39, 0.29) is 11.7 Å². The zero-order valence-electron chi connectivity index (χ0n) is 8.82. The van der Waals surface area contributed by atoms with Gasteiger partial charge < -0.3 is 10.4 Å². The molecule has 4 nitrogen and oxygen atoms in total. The van der Waals surface area contributed by atoms with Crippen LogP contribution in [-0.4, -0.2) is 22.5 Å². The normalized spacial score (nSPS) is 9.47. The average Bonchev–Trinajstić information content (AvgIpc) is 2.17. The molecule has 2 N–H and O–H groups in total. The Morgan fingerprint density at radius 2 is 2.27 bits per heavy atom. The zero-order chi connectivity index (χ0) is 11.3. The SMILES string of the molecule is CC(C)=CCNC(=O)c1cncc(O)c1. The second kappa shape index (κ2) is 5.14. The summed E-state index contributed by atoms with van der Waals surface area (Å²) in [5, 5.41) is 11.8. The van der Waals surface area contributed by atoms with Crippen molar-refractivity contribution in [3.05, 3.63) is 35.7 Å². The lowest BCUT2D eigenvalue weighted by atomic mass is 10.2.